The minimum absolute atomic E-state index is 0.265. The third-order valence-electron chi connectivity index (χ3n) is 3.12. The summed E-state index contributed by atoms with van der Waals surface area (Å²) in [5.74, 6) is 0.881. The van der Waals surface area contributed by atoms with Gasteiger partial charge in [0.2, 0.25) is 0 Å². The Morgan fingerprint density at radius 1 is 1.16 bits per heavy atom. The summed E-state index contributed by atoms with van der Waals surface area (Å²) in [6.45, 7) is 2.95. The van der Waals surface area contributed by atoms with E-state index < -0.39 is 0 Å². The molecule has 0 aromatic heterocycles. The lowest BCUT2D eigenvalue weighted by molar-refractivity contribution is 0.414. The van der Waals surface area contributed by atoms with E-state index in [2.05, 4.69) is 30.4 Å². The summed E-state index contributed by atoms with van der Waals surface area (Å²) in [7, 11) is 1.68. The number of hydrogen-bond acceptors (Lipinski definition) is 2. The van der Waals surface area contributed by atoms with Crippen LogP contribution in [0.3, 0.4) is 0 Å². The number of halogens is 1. The molecule has 100 valence electrons. The molecule has 2 aromatic carbocycles. The van der Waals surface area contributed by atoms with Gasteiger partial charge in [0.05, 0.1) is 7.11 Å². The molecule has 2 aromatic rings. The van der Waals surface area contributed by atoms with Gasteiger partial charge in [-0.25, -0.2) is 0 Å². The summed E-state index contributed by atoms with van der Waals surface area (Å²) in [6, 6.07) is 16.3. The molecule has 1 atom stereocenters. The fourth-order valence-corrected chi connectivity index (χ4v) is 2.11. The number of nitrogens with one attached hydrogen (secondary N) is 1. The van der Waals surface area contributed by atoms with E-state index in [0.717, 1.165) is 17.3 Å². The second-order valence-electron chi connectivity index (χ2n) is 4.51. The molecule has 2 rings (SSSR count). The Labute approximate surface area is 119 Å². The van der Waals surface area contributed by atoms with Crippen LogP contribution in [0.15, 0.2) is 48.5 Å². The first-order chi connectivity index (χ1) is 9.19. The predicted molar refractivity (Wildman–Crippen MR) is 79.7 cm³/mol. The number of rotatable bonds is 5. The maximum absolute atomic E-state index is 6.00. The summed E-state index contributed by atoms with van der Waals surface area (Å²) in [6.07, 6.45) is 0. The van der Waals surface area contributed by atoms with E-state index in [0.29, 0.717) is 0 Å². The first-order valence-corrected chi connectivity index (χ1v) is 6.68. The molecule has 0 amide bonds. The largest absolute Gasteiger partial charge is 0.497 e. The lowest BCUT2D eigenvalue weighted by Crippen LogP contribution is -2.17. The monoisotopic (exact) mass is 275 g/mol. The minimum Gasteiger partial charge on any atom is -0.497 e. The highest BCUT2D eigenvalue weighted by Gasteiger charge is 2.05. The predicted octanol–water partition coefficient (Wildman–Crippen LogP) is 4.20. The van der Waals surface area contributed by atoms with Gasteiger partial charge in [-0.1, -0.05) is 35.9 Å². The van der Waals surface area contributed by atoms with Crippen LogP contribution < -0.4 is 10.1 Å². The Balaban J connectivity index is 1.94. The van der Waals surface area contributed by atoms with Gasteiger partial charge in [0, 0.05) is 17.6 Å². The van der Waals surface area contributed by atoms with Crippen molar-refractivity contribution in [3.05, 3.63) is 64.7 Å². The molecule has 0 saturated heterocycles. The van der Waals surface area contributed by atoms with Crippen LogP contribution in [0.5, 0.6) is 5.75 Å². The smallest absolute Gasteiger partial charge is 0.118 e. The van der Waals surface area contributed by atoms with Gasteiger partial charge in [0.1, 0.15) is 5.75 Å². The molecule has 0 aliphatic rings. The van der Waals surface area contributed by atoms with Gasteiger partial charge in [0.25, 0.3) is 0 Å². The van der Waals surface area contributed by atoms with Crippen molar-refractivity contribution >= 4 is 11.6 Å². The summed E-state index contributed by atoms with van der Waals surface area (Å²) >= 11 is 6.00. The molecule has 0 fully saturated rings. The standard InChI is InChI=1S/C16H18ClNO/c1-12(14-4-3-5-15(17)10-14)18-11-13-6-8-16(19-2)9-7-13/h3-10,12,18H,11H2,1-2H3/t12-/m0/s1. The molecule has 2 nitrogen and oxygen atoms in total. The maximum atomic E-state index is 6.00. The van der Waals surface area contributed by atoms with E-state index in [1.165, 1.54) is 11.1 Å². The molecule has 1 N–H and O–H groups in total. The molecule has 0 saturated carbocycles. The molecule has 0 heterocycles. The highest BCUT2D eigenvalue weighted by atomic mass is 35.5. The van der Waals surface area contributed by atoms with Gasteiger partial charge in [0.15, 0.2) is 0 Å². The van der Waals surface area contributed by atoms with Crippen molar-refractivity contribution in [2.24, 2.45) is 0 Å². The molecule has 0 unspecified atom stereocenters. The third kappa shape index (κ3) is 3.98. The van der Waals surface area contributed by atoms with Gasteiger partial charge in [-0.2, -0.15) is 0 Å². The van der Waals surface area contributed by atoms with Crippen molar-refractivity contribution in [3.63, 3.8) is 0 Å². The lowest BCUT2D eigenvalue weighted by atomic mass is 10.1. The molecule has 3 heteroatoms. The van der Waals surface area contributed by atoms with Crippen LogP contribution in [0.25, 0.3) is 0 Å². The van der Waals surface area contributed by atoms with Crippen LogP contribution in [-0.2, 0) is 6.54 Å². The van der Waals surface area contributed by atoms with E-state index in [4.69, 9.17) is 16.3 Å². The van der Waals surface area contributed by atoms with Crippen molar-refractivity contribution in [1.29, 1.82) is 0 Å². The Morgan fingerprint density at radius 3 is 2.53 bits per heavy atom. The van der Waals surface area contributed by atoms with E-state index in [1.54, 1.807) is 7.11 Å². The maximum Gasteiger partial charge on any atom is 0.118 e. The average molecular weight is 276 g/mol. The molecular weight excluding hydrogens is 258 g/mol. The van der Waals surface area contributed by atoms with Gasteiger partial charge in [-0.15, -0.1) is 0 Å². The zero-order valence-corrected chi connectivity index (χ0v) is 11.9. The number of methoxy groups -OCH3 is 1. The summed E-state index contributed by atoms with van der Waals surface area (Å²) < 4.78 is 5.14. The van der Waals surface area contributed by atoms with Crippen LogP contribution in [-0.4, -0.2) is 7.11 Å². The molecule has 0 aliphatic heterocycles. The second-order valence-corrected chi connectivity index (χ2v) is 4.94. The van der Waals surface area contributed by atoms with E-state index in [9.17, 15) is 0 Å². The Kier molecular flexibility index (Phi) is 4.83. The summed E-state index contributed by atoms with van der Waals surface area (Å²) in [4.78, 5) is 0. The molecule has 19 heavy (non-hydrogen) atoms. The zero-order valence-electron chi connectivity index (χ0n) is 11.2. The zero-order chi connectivity index (χ0) is 13.7. The van der Waals surface area contributed by atoms with Crippen LogP contribution in [0, 0.1) is 0 Å². The van der Waals surface area contributed by atoms with Crippen molar-refractivity contribution in [2.45, 2.75) is 19.5 Å². The van der Waals surface area contributed by atoms with Crippen molar-refractivity contribution in [2.75, 3.05) is 7.11 Å². The Bertz CT molecular complexity index is 525. The number of benzene rings is 2. The van der Waals surface area contributed by atoms with Crippen molar-refractivity contribution in [3.8, 4) is 5.75 Å². The summed E-state index contributed by atoms with van der Waals surface area (Å²) in [5, 5.41) is 4.25. The van der Waals surface area contributed by atoms with Gasteiger partial charge >= 0.3 is 0 Å². The Morgan fingerprint density at radius 2 is 1.89 bits per heavy atom. The van der Waals surface area contributed by atoms with Gasteiger partial charge in [-0.05, 0) is 42.3 Å². The van der Waals surface area contributed by atoms with Gasteiger partial charge in [-0.3, -0.25) is 0 Å². The highest BCUT2D eigenvalue weighted by molar-refractivity contribution is 6.30. The molecule has 0 bridgehead atoms. The fraction of sp³-hybridized carbons (Fsp3) is 0.250. The highest BCUT2D eigenvalue weighted by Crippen LogP contribution is 2.18. The Hall–Kier alpha value is -1.51. The van der Waals surface area contributed by atoms with Crippen molar-refractivity contribution in [1.82, 2.24) is 5.32 Å². The minimum atomic E-state index is 0.265. The van der Waals surface area contributed by atoms with Crippen LogP contribution >= 0.6 is 11.6 Å². The van der Waals surface area contributed by atoms with E-state index in [1.807, 2.05) is 30.3 Å². The average Bonchev–Trinajstić information content (AvgIpc) is 2.45. The molecule has 0 spiro atoms. The quantitative estimate of drug-likeness (QED) is 0.883. The normalized spacial score (nSPS) is 12.2. The lowest BCUT2D eigenvalue weighted by Gasteiger charge is -2.14. The first kappa shape index (κ1) is 13.9. The van der Waals surface area contributed by atoms with Crippen LogP contribution in [0.2, 0.25) is 5.02 Å². The fourth-order valence-electron chi connectivity index (χ4n) is 1.91. The first-order valence-electron chi connectivity index (χ1n) is 6.31. The van der Waals surface area contributed by atoms with E-state index in [-0.39, 0.29) is 6.04 Å². The number of ether oxygens (including phenoxy) is 1. The topological polar surface area (TPSA) is 21.3 Å². The van der Waals surface area contributed by atoms with E-state index >= 15 is 0 Å². The molecular formula is C16H18ClNO. The van der Waals surface area contributed by atoms with Crippen molar-refractivity contribution < 1.29 is 4.74 Å². The molecule has 0 radical (unpaired) electrons. The summed E-state index contributed by atoms with van der Waals surface area (Å²) in [5.41, 5.74) is 2.43. The molecule has 0 aliphatic carbocycles. The SMILES string of the molecule is COc1ccc(CN[C@@H](C)c2cccc(Cl)c2)cc1. The number of hydrogen-bond donors (Lipinski definition) is 1. The van der Waals surface area contributed by atoms with Gasteiger partial charge < -0.3 is 10.1 Å². The van der Waals surface area contributed by atoms with Crippen LogP contribution in [0.4, 0.5) is 0 Å². The van der Waals surface area contributed by atoms with Crippen LogP contribution in [0.1, 0.15) is 24.1 Å². The third-order valence-corrected chi connectivity index (χ3v) is 3.36. The second kappa shape index (κ2) is 6.60.